The number of carbonyl (C=O) groups is 2. The summed E-state index contributed by atoms with van der Waals surface area (Å²) in [7, 11) is 0. The fourth-order valence-electron chi connectivity index (χ4n) is 2.82. The average Bonchev–Trinajstić information content (AvgIpc) is 3.25. The van der Waals surface area contributed by atoms with Crippen molar-refractivity contribution < 1.29 is 14.3 Å². The lowest BCUT2D eigenvalue weighted by Gasteiger charge is -2.02. The van der Waals surface area contributed by atoms with Crippen LogP contribution in [0.15, 0.2) is 28.6 Å². The number of Topliss-reactive ketones (excluding diaryl/α,β-unsaturated/α-hetero) is 1. The Labute approximate surface area is 177 Å². The molecule has 0 unspecified atom stereocenters. The summed E-state index contributed by atoms with van der Waals surface area (Å²) in [5.74, 6) is -0.321. The number of nitrogens with zero attached hydrogens (tertiary/aromatic N) is 2. The van der Waals surface area contributed by atoms with Gasteiger partial charge in [0.2, 0.25) is 5.13 Å². The first-order chi connectivity index (χ1) is 13.9. The lowest BCUT2D eigenvalue weighted by molar-refractivity contribution is 0.0525. The summed E-state index contributed by atoms with van der Waals surface area (Å²) >= 11 is 2.71. The molecule has 0 saturated carbocycles. The van der Waals surface area contributed by atoms with Crippen LogP contribution in [0.1, 0.15) is 44.6 Å². The van der Waals surface area contributed by atoms with Gasteiger partial charge < -0.3 is 15.0 Å². The van der Waals surface area contributed by atoms with Crippen LogP contribution in [-0.2, 0) is 4.74 Å². The third kappa shape index (κ3) is 5.04. The minimum absolute atomic E-state index is 0.102. The molecule has 0 radical (unpaired) electrons. The van der Waals surface area contributed by atoms with E-state index in [9.17, 15) is 9.59 Å². The number of hydrogen-bond donors (Lipinski definition) is 2. The molecule has 0 saturated heterocycles. The van der Waals surface area contributed by atoms with Crippen LogP contribution in [0.2, 0.25) is 0 Å². The molecule has 0 fully saturated rings. The number of anilines is 2. The number of benzene rings is 1. The lowest BCUT2D eigenvalue weighted by atomic mass is 10.1. The number of thioether (sulfide) groups is 1. The van der Waals surface area contributed by atoms with Crippen LogP contribution in [0.25, 0.3) is 0 Å². The van der Waals surface area contributed by atoms with E-state index in [1.165, 1.54) is 28.7 Å². The fourth-order valence-corrected chi connectivity index (χ4v) is 4.46. The van der Waals surface area contributed by atoms with E-state index in [0.29, 0.717) is 32.0 Å². The van der Waals surface area contributed by atoms with Gasteiger partial charge in [0.1, 0.15) is 0 Å². The molecule has 3 rings (SSSR count). The maximum Gasteiger partial charge on any atom is 0.340 e. The van der Waals surface area contributed by atoms with Crippen LogP contribution in [-0.4, -0.2) is 39.3 Å². The quantitative estimate of drug-likeness (QED) is 0.304. The van der Waals surface area contributed by atoms with Gasteiger partial charge in [0.05, 0.1) is 23.6 Å². The molecule has 0 aliphatic heterocycles. The van der Waals surface area contributed by atoms with Crippen LogP contribution in [0.3, 0.4) is 0 Å². The van der Waals surface area contributed by atoms with Crippen molar-refractivity contribution in [3.05, 3.63) is 52.3 Å². The van der Waals surface area contributed by atoms with Crippen LogP contribution in [0.4, 0.5) is 10.8 Å². The van der Waals surface area contributed by atoms with Crippen molar-refractivity contribution >= 4 is 45.7 Å². The molecule has 0 aliphatic carbocycles. The largest absolute Gasteiger partial charge is 0.462 e. The second-order valence-corrected chi connectivity index (χ2v) is 8.62. The number of ketones is 1. The summed E-state index contributed by atoms with van der Waals surface area (Å²) in [6, 6.07) is 7.99. The number of carbonyl (C=O) groups excluding carboxylic acids is 2. The highest BCUT2D eigenvalue weighted by Crippen LogP contribution is 2.29. The smallest absolute Gasteiger partial charge is 0.340 e. The van der Waals surface area contributed by atoms with Crippen LogP contribution < -0.4 is 5.32 Å². The van der Waals surface area contributed by atoms with E-state index in [4.69, 9.17) is 4.74 Å². The summed E-state index contributed by atoms with van der Waals surface area (Å²) < 4.78 is 5.77. The van der Waals surface area contributed by atoms with Gasteiger partial charge in [-0.05, 0) is 45.4 Å². The third-order valence-electron chi connectivity index (χ3n) is 4.23. The molecule has 29 heavy (non-hydrogen) atoms. The number of hydrogen-bond acceptors (Lipinski definition) is 8. The highest BCUT2D eigenvalue weighted by molar-refractivity contribution is 8.01. The van der Waals surface area contributed by atoms with E-state index in [1.54, 1.807) is 20.8 Å². The molecule has 0 spiro atoms. The highest BCUT2D eigenvalue weighted by atomic mass is 32.2. The van der Waals surface area contributed by atoms with Crippen LogP contribution >= 0.6 is 23.1 Å². The molecular weight excluding hydrogens is 408 g/mol. The molecule has 0 aliphatic rings. The summed E-state index contributed by atoms with van der Waals surface area (Å²) in [6.07, 6.45) is 0. The SMILES string of the molecule is CCOC(=O)c1c(C)[nH]c(C(=O)CSc2nnc(Nc3ccc(C)cc3)s2)c1C. The fraction of sp³-hybridized carbons (Fsp3) is 0.300. The average molecular weight is 431 g/mol. The first-order valence-electron chi connectivity index (χ1n) is 9.08. The van der Waals surface area contributed by atoms with E-state index in [2.05, 4.69) is 20.5 Å². The van der Waals surface area contributed by atoms with E-state index >= 15 is 0 Å². The number of aryl methyl sites for hydroxylation is 2. The number of H-pyrrole nitrogens is 1. The van der Waals surface area contributed by atoms with Gasteiger partial charge in [-0.3, -0.25) is 4.79 Å². The summed E-state index contributed by atoms with van der Waals surface area (Å²) in [5, 5.41) is 12.1. The van der Waals surface area contributed by atoms with Crippen molar-refractivity contribution in [2.75, 3.05) is 17.7 Å². The Bertz CT molecular complexity index is 1030. The molecule has 7 nitrogen and oxygen atoms in total. The predicted molar refractivity (Wildman–Crippen MR) is 116 cm³/mol. The predicted octanol–water partition coefficient (Wildman–Crippen LogP) is 4.69. The van der Waals surface area contributed by atoms with E-state index in [0.717, 1.165) is 5.69 Å². The van der Waals surface area contributed by atoms with E-state index in [-0.39, 0.29) is 18.1 Å². The number of rotatable bonds is 8. The Balaban J connectivity index is 1.63. The summed E-state index contributed by atoms with van der Waals surface area (Å²) in [4.78, 5) is 27.8. The van der Waals surface area contributed by atoms with Gasteiger partial charge in [-0.2, -0.15) is 0 Å². The second kappa shape index (κ2) is 9.23. The minimum Gasteiger partial charge on any atom is -0.462 e. The molecule has 2 heterocycles. The van der Waals surface area contributed by atoms with Gasteiger partial charge in [-0.1, -0.05) is 40.8 Å². The first kappa shape index (κ1) is 21.1. The zero-order chi connectivity index (χ0) is 21.0. The van der Waals surface area contributed by atoms with E-state index < -0.39 is 5.97 Å². The molecular formula is C20H22N4O3S2. The Morgan fingerprint density at radius 2 is 1.90 bits per heavy atom. The molecule has 2 aromatic heterocycles. The summed E-state index contributed by atoms with van der Waals surface area (Å²) in [6.45, 7) is 7.59. The molecule has 0 atom stereocenters. The van der Waals surface area contributed by atoms with Crippen LogP contribution in [0, 0.1) is 20.8 Å². The van der Waals surface area contributed by atoms with Crippen molar-refractivity contribution in [2.45, 2.75) is 32.0 Å². The minimum atomic E-state index is -0.415. The van der Waals surface area contributed by atoms with Crippen LogP contribution in [0.5, 0.6) is 0 Å². The highest BCUT2D eigenvalue weighted by Gasteiger charge is 2.23. The molecule has 2 N–H and O–H groups in total. The Hall–Kier alpha value is -2.65. The maximum absolute atomic E-state index is 12.7. The molecule has 3 aromatic rings. The number of aromatic amines is 1. The Morgan fingerprint density at radius 3 is 2.59 bits per heavy atom. The lowest BCUT2D eigenvalue weighted by Crippen LogP contribution is -2.08. The maximum atomic E-state index is 12.7. The first-order valence-corrected chi connectivity index (χ1v) is 10.9. The summed E-state index contributed by atoms with van der Waals surface area (Å²) in [5.41, 5.74) is 4.23. The van der Waals surface area contributed by atoms with Gasteiger partial charge >= 0.3 is 5.97 Å². The van der Waals surface area contributed by atoms with Gasteiger partial charge in [0.25, 0.3) is 0 Å². The van der Waals surface area contributed by atoms with Gasteiger partial charge in [-0.15, -0.1) is 10.2 Å². The molecule has 9 heteroatoms. The van der Waals surface area contributed by atoms with Crippen molar-refractivity contribution in [3.63, 3.8) is 0 Å². The van der Waals surface area contributed by atoms with Crippen molar-refractivity contribution in [2.24, 2.45) is 0 Å². The zero-order valence-corrected chi connectivity index (χ0v) is 18.3. The number of ether oxygens (including phenoxy) is 1. The van der Waals surface area contributed by atoms with E-state index in [1.807, 2.05) is 31.2 Å². The number of nitrogens with one attached hydrogen (secondary N) is 2. The standard InChI is InChI=1S/C20H22N4O3S2/c1-5-27-18(26)16-12(3)17(21-13(16)4)15(25)10-28-20-24-23-19(29-20)22-14-8-6-11(2)7-9-14/h6-9,21H,5,10H2,1-4H3,(H,22,23). The molecule has 152 valence electrons. The second-order valence-electron chi connectivity index (χ2n) is 6.42. The van der Waals surface area contributed by atoms with Crippen molar-refractivity contribution in [1.29, 1.82) is 0 Å². The van der Waals surface area contributed by atoms with Crippen molar-refractivity contribution in [1.82, 2.24) is 15.2 Å². The third-order valence-corrected chi connectivity index (χ3v) is 6.20. The van der Waals surface area contributed by atoms with Gasteiger partial charge in [0.15, 0.2) is 10.1 Å². The Kier molecular flexibility index (Phi) is 6.71. The Morgan fingerprint density at radius 1 is 1.17 bits per heavy atom. The van der Waals surface area contributed by atoms with Gasteiger partial charge in [-0.25, -0.2) is 4.79 Å². The number of esters is 1. The zero-order valence-electron chi connectivity index (χ0n) is 16.7. The van der Waals surface area contributed by atoms with Crippen molar-refractivity contribution in [3.8, 4) is 0 Å². The monoisotopic (exact) mass is 430 g/mol. The topological polar surface area (TPSA) is 97.0 Å². The molecule has 0 amide bonds. The molecule has 0 bridgehead atoms. The number of aromatic nitrogens is 3. The normalized spacial score (nSPS) is 10.8. The molecule has 1 aromatic carbocycles. The van der Waals surface area contributed by atoms with Gasteiger partial charge in [0, 0.05) is 11.4 Å².